The molecule has 0 unspecified atom stereocenters. The van der Waals surface area contributed by atoms with Crippen molar-refractivity contribution in [3.63, 3.8) is 0 Å². The van der Waals surface area contributed by atoms with Crippen molar-refractivity contribution in [2.75, 3.05) is 9.80 Å². The molecular formula is C54H33BN2O2. The number of rotatable bonds is 4. The molecule has 11 aromatic rings. The lowest BCUT2D eigenvalue weighted by Gasteiger charge is -2.45. The van der Waals surface area contributed by atoms with Crippen LogP contribution in [0.1, 0.15) is 0 Å². The number of furan rings is 2. The van der Waals surface area contributed by atoms with Crippen molar-refractivity contribution < 1.29 is 8.83 Å². The van der Waals surface area contributed by atoms with Crippen molar-refractivity contribution in [2.24, 2.45) is 0 Å². The smallest absolute Gasteiger partial charge is 0.252 e. The van der Waals surface area contributed by atoms with E-state index in [1.54, 1.807) is 0 Å². The Labute approximate surface area is 340 Å². The van der Waals surface area contributed by atoms with Gasteiger partial charge in [-0.05, 0) is 64.9 Å². The Balaban J connectivity index is 1.14. The Morgan fingerprint density at radius 2 is 0.712 bits per heavy atom. The van der Waals surface area contributed by atoms with E-state index in [0.29, 0.717) is 0 Å². The second kappa shape index (κ2) is 12.4. The van der Waals surface area contributed by atoms with Crippen LogP contribution in [-0.2, 0) is 0 Å². The van der Waals surface area contributed by atoms with Crippen molar-refractivity contribution in [3.8, 4) is 22.3 Å². The topological polar surface area (TPSA) is 32.8 Å². The molecule has 0 bridgehead atoms. The fourth-order valence-electron chi connectivity index (χ4n) is 10.1. The summed E-state index contributed by atoms with van der Waals surface area (Å²) >= 11 is 0. The highest BCUT2D eigenvalue weighted by molar-refractivity contribution is 7.00. The summed E-state index contributed by atoms with van der Waals surface area (Å²) in [5.41, 5.74) is 18.6. The van der Waals surface area contributed by atoms with E-state index in [2.05, 4.69) is 198 Å². The first-order valence-electron chi connectivity index (χ1n) is 20.2. The van der Waals surface area contributed by atoms with Crippen molar-refractivity contribution in [3.05, 3.63) is 200 Å². The number of benzene rings is 9. The van der Waals surface area contributed by atoms with E-state index in [9.17, 15) is 0 Å². The Bertz CT molecular complexity index is 3250. The van der Waals surface area contributed by atoms with Gasteiger partial charge in [0.05, 0.1) is 0 Å². The van der Waals surface area contributed by atoms with Gasteiger partial charge in [0.1, 0.15) is 22.3 Å². The van der Waals surface area contributed by atoms with Gasteiger partial charge >= 0.3 is 0 Å². The minimum absolute atomic E-state index is 0.0734. The highest BCUT2D eigenvalue weighted by Crippen LogP contribution is 2.50. The quantitative estimate of drug-likeness (QED) is 0.168. The summed E-state index contributed by atoms with van der Waals surface area (Å²) in [7, 11) is 0. The largest absolute Gasteiger partial charge is 0.455 e. The van der Waals surface area contributed by atoms with Crippen LogP contribution in [0.4, 0.5) is 34.1 Å². The maximum atomic E-state index is 6.73. The summed E-state index contributed by atoms with van der Waals surface area (Å²) < 4.78 is 13.5. The number of para-hydroxylation sites is 8. The number of hydrogen-bond donors (Lipinski definition) is 0. The first-order valence-corrected chi connectivity index (χ1v) is 20.2. The number of anilines is 6. The summed E-state index contributed by atoms with van der Waals surface area (Å²) in [6.45, 7) is -0.0734. The van der Waals surface area contributed by atoms with Crippen LogP contribution in [0.15, 0.2) is 209 Å². The summed E-state index contributed by atoms with van der Waals surface area (Å²) in [4.78, 5) is 4.96. The van der Waals surface area contributed by atoms with Gasteiger partial charge < -0.3 is 18.6 Å². The lowest BCUT2D eigenvalue weighted by atomic mass is 9.33. The van der Waals surface area contributed by atoms with Crippen LogP contribution in [-0.4, -0.2) is 6.71 Å². The molecule has 9 aromatic carbocycles. The summed E-state index contributed by atoms with van der Waals surface area (Å²) in [5, 5.41) is 4.48. The molecule has 274 valence electrons. The molecule has 4 heterocycles. The van der Waals surface area contributed by atoms with Gasteiger partial charge in [0, 0.05) is 77.9 Å². The predicted molar refractivity (Wildman–Crippen MR) is 246 cm³/mol. The molecule has 2 aromatic heterocycles. The molecular weight excluding hydrogens is 719 g/mol. The average molecular weight is 753 g/mol. The third-order valence-electron chi connectivity index (χ3n) is 12.5. The maximum absolute atomic E-state index is 6.73. The van der Waals surface area contributed by atoms with E-state index >= 15 is 0 Å². The highest BCUT2D eigenvalue weighted by atomic mass is 16.3. The van der Waals surface area contributed by atoms with E-state index in [1.165, 1.54) is 16.4 Å². The van der Waals surface area contributed by atoms with Crippen LogP contribution in [0, 0.1) is 0 Å². The molecule has 4 nitrogen and oxygen atoms in total. The molecule has 2 aliphatic heterocycles. The Morgan fingerprint density at radius 1 is 0.322 bits per heavy atom. The van der Waals surface area contributed by atoms with Crippen LogP contribution < -0.4 is 26.2 Å². The molecule has 0 fully saturated rings. The van der Waals surface area contributed by atoms with E-state index in [-0.39, 0.29) is 6.71 Å². The zero-order valence-corrected chi connectivity index (χ0v) is 31.8. The van der Waals surface area contributed by atoms with Gasteiger partial charge in [-0.3, -0.25) is 0 Å². The van der Waals surface area contributed by atoms with E-state index in [4.69, 9.17) is 8.83 Å². The van der Waals surface area contributed by atoms with Crippen LogP contribution in [0.3, 0.4) is 0 Å². The zero-order chi connectivity index (χ0) is 38.6. The molecule has 59 heavy (non-hydrogen) atoms. The lowest BCUT2D eigenvalue weighted by molar-refractivity contribution is 0.669. The molecule has 0 spiro atoms. The Morgan fingerprint density at radius 3 is 1.20 bits per heavy atom. The maximum Gasteiger partial charge on any atom is 0.252 e. The van der Waals surface area contributed by atoms with Gasteiger partial charge in [-0.15, -0.1) is 0 Å². The van der Waals surface area contributed by atoms with Gasteiger partial charge in [-0.2, -0.15) is 0 Å². The van der Waals surface area contributed by atoms with Crippen molar-refractivity contribution in [1.82, 2.24) is 0 Å². The normalized spacial score (nSPS) is 13.0. The molecule has 0 saturated carbocycles. The van der Waals surface area contributed by atoms with Crippen LogP contribution >= 0.6 is 0 Å². The first kappa shape index (κ1) is 32.3. The molecule has 0 N–H and O–H groups in total. The summed E-state index contributed by atoms with van der Waals surface area (Å²) in [6, 6.07) is 71.9. The molecule has 0 aliphatic carbocycles. The molecule has 0 amide bonds. The predicted octanol–water partition coefficient (Wildman–Crippen LogP) is 12.9. The van der Waals surface area contributed by atoms with Crippen LogP contribution in [0.2, 0.25) is 0 Å². The van der Waals surface area contributed by atoms with E-state index in [1.807, 2.05) is 12.1 Å². The third kappa shape index (κ3) is 4.55. The van der Waals surface area contributed by atoms with Crippen molar-refractivity contribution >= 4 is 101 Å². The van der Waals surface area contributed by atoms with Gasteiger partial charge in [-0.1, -0.05) is 152 Å². The van der Waals surface area contributed by atoms with Gasteiger partial charge in [0.2, 0.25) is 0 Å². The Hall–Kier alpha value is -7.76. The lowest BCUT2D eigenvalue weighted by Crippen LogP contribution is -2.61. The molecule has 0 radical (unpaired) electrons. The fourth-order valence-corrected chi connectivity index (χ4v) is 10.1. The Kier molecular flexibility index (Phi) is 6.78. The number of hydrogen-bond acceptors (Lipinski definition) is 4. The van der Waals surface area contributed by atoms with E-state index < -0.39 is 0 Å². The molecule has 13 rings (SSSR count). The summed E-state index contributed by atoms with van der Waals surface area (Å²) in [5.74, 6) is 0. The second-order valence-electron chi connectivity index (χ2n) is 15.5. The minimum Gasteiger partial charge on any atom is -0.455 e. The van der Waals surface area contributed by atoms with Gasteiger partial charge in [-0.25, -0.2) is 0 Å². The van der Waals surface area contributed by atoms with Gasteiger partial charge in [0.25, 0.3) is 6.71 Å². The zero-order valence-electron chi connectivity index (χ0n) is 31.8. The number of fused-ring (bicyclic) bond motifs is 10. The molecule has 0 atom stereocenters. The van der Waals surface area contributed by atoms with Crippen molar-refractivity contribution in [2.45, 2.75) is 0 Å². The van der Waals surface area contributed by atoms with E-state index in [0.717, 1.165) is 100 Å². The monoisotopic (exact) mass is 752 g/mol. The third-order valence-corrected chi connectivity index (χ3v) is 12.5. The summed E-state index contributed by atoms with van der Waals surface area (Å²) in [6.07, 6.45) is 0. The van der Waals surface area contributed by atoms with Crippen molar-refractivity contribution in [1.29, 1.82) is 0 Å². The number of nitrogens with zero attached hydrogens (tertiary/aromatic N) is 2. The molecule has 2 aliphatic rings. The molecule has 5 heteroatoms. The van der Waals surface area contributed by atoms with Gasteiger partial charge in [0.15, 0.2) is 0 Å². The average Bonchev–Trinajstić information content (AvgIpc) is 3.88. The SMILES string of the molecule is c1ccc(N2c3cccc4c3B(c3cccc(-c5cccc6c5oc5ccccc56)c32)c2cccc(-c3cccc5c3oc3ccccc35)c2N4c2ccccc2)cc1. The minimum atomic E-state index is -0.0734. The first-order chi connectivity index (χ1) is 29.3. The fraction of sp³-hybridized carbons (Fsp3) is 0. The standard InChI is InChI=1S/C54H33BN2O2/c1-3-16-34(17-4-1)56-46-30-15-31-47-50(46)55(44-28-13-22-38(51(44)56)42-26-11-24-40-36-20-7-9-32-48(36)58-53(40)42)45-29-14-23-39(52(45)57(47)35-18-5-2-6-19-35)43-27-12-25-41-37-21-8-10-33-49(37)59-54(41)43/h1-33H. The molecule has 0 saturated heterocycles. The van der Waals surface area contributed by atoms with Crippen LogP contribution in [0.25, 0.3) is 66.1 Å². The highest BCUT2D eigenvalue weighted by Gasteiger charge is 2.45. The van der Waals surface area contributed by atoms with Crippen LogP contribution in [0.5, 0.6) is 0 Å². The second-order valence-corrected chi connectivity index (χ2v) is 15.5.